The lowest BCUT2D eigenvalue weighted by molar-refractivity contribution is -0.132. The van der Waals surface area contributed by atoms with Crippen molar-refractivity contribution in [1.82, 2.24) is 5.43 Å². The number of hydrogen-bond donors (Lipinski definition) is 1. The van der Waals surface area contributed by atoms with E-state index in [-0.39, 0.29) is 11.7 Å². The van der Waals surface area contributed by atoms with Crippen LogP contribution in [-0.2, 0) is 4.79 Å². The number of thiophene rings is 1. The normalized spacial score (nSPS) is 10.5. The van der Waals surface area contributed by atoms with Gasteiger partial charge in [-0.25, -0.2) is 5.43 Å². The lowest BCUT2D eigenvalue weighted by Crippen LogP contribution is -2.16. The third-order valence-corrected chi connectivity index (χ3v) is 3.72. The van der Waals surface area contributed by atoms with Crippen molar-refractivity contribution in [2.75, 3.05) is 14.2 Å². The van der Waals surface area contributed by atoms with Crippen molar-refractivity contribution in [1.29, 1.82) is 0 Å². The van der Waals surface area contributed by atoms with Crippen LogP contribution in [-0.4, -0.2) is 32.3 Å². The molecule has 24 heavy (non-hydrogen) atoms. The van der Waals surface area contributed by atoms with Gasteiger partial charge in [0.15, 0.2) is 11.5 Å². The highest BCUT2D eigenvalue weighted by atomic mass is 32.1. The van der Waals surface area contributed by atoms with Crippen molar-refractivity contribution in [2.24, 2.45) is 5.10 Å². The molecule has 0 aliphatic carbocycles. The van der Waals surface area contributed by atoms with E-state index in [4.69, 9.17) is 14.2 Å². The van der Waals surface area contributed by atoms with E-state index in [0.717, 1.165) is 0 Å². The van der Waals surface area contributed by atoms with Crippen molar-refractivity contribution < 1.29 is 23.8 Å². The zero-order valence-electron chi connectivity index (χ0n) is 13.4. The molecule has 2 rings (SSSR count). The van der Waals surface area contributed by atoms with Gasteiger partial charge in [-0.1, -0.05) is 6.07 Å². The monoisotopic (exact) mass is 348 g/mol. The number of nitrogens with one attached hydrogen (secondary N) is 1. The Kier molecular flexibility index (Phi) is 5.91. The fourth-order valence-electron chi connectivity index (χ4n) is 1.85. The van der Waals surface area contributed by atoms with Crippen LogP contribution in [0.4, 0.5) is 0 Å². The van der Waals surface area contributed by atoms with Gasteiger partial charge in [0.05, 0.1) is 25.3 Å². The summed E-state index contributed by atoms with van der Waals surface area (Å²) < 4.78 is 15.5. The summed E-state index contributed by atoms with van der Waals surface area (Å²) in [5.41, 5.74) is 3.03. The summed E-state index contributed by atoms with van der Waals surface area (Å²) in [7, 11) is 2.89. The molecule has 126 valence electrons. The number of methoxy groups -OCH3 is 2. The van der Waals surface area contributed by atoms with Crippen molar-refractivity contribution in [3.05, 3.63) is 40.1 Å². The quantitative estimate of drug-likeness (QED) is 0.375. The van der Waals surface area contributed by atoms with Gasteiger partial charge in [-0.3, -0.25) is 9.59 Å². The SMILES string of the molecule is COc1cc(/C=N/NC(=O)c2cccs2)cc(OC)c1OC(C)=O. The maximum absolute atomic E-state index is 11.8. The molecule has 0 aliphatic rings. The molecule has 1 amide bonds. The number of carbonyl (C=O) groups excluding carboxylic acids is 2. The second-order valence-corrected chi connectivity index (χ2v) is 5.47. The predicted molar refractivity (Wildman–Crippen MR) is 90.2 cm³/mol. The van der Waals surface area contributed by atoms with E-state index in [0.29, 0.717) is 21.9 Å². The van der Waals surface area contributed by atoms with Gasteiger partial charge in [0.25, 0.3) is 5.91 Å². The molecule has 0 saturated heterocycles. The van der Waals surface area contributed by atoms with Gasteiger partial charge in [0.1, 0.15) is 0 Å². The summed E-state index contributed by atoms with van der Waals surface area (Å²) in [6.45, 7) is 1.29. The highest BCUT2D eigenvalue weighted by molar-refractivity contribution is 7.12. The Bertz CT molecular complexity index is 731. The molecule has 1 aromatic heterocycles. The Balaban J connectivity index is 2.19. The largest absolute Gasteiger partial charge is 0.493 e. The number of amides is 1. The van der Waals surface area contributed by atoms with Gasteiger partial charge >= 0.3 is 5.97 Å². The third kappa shape index (κ3) is 4.32. The molecule has 0 radical (unpaired) electrons. The van der Waals surface area contributed by atoms with E-state index in [1.54, 1.807) is 24.3 Å². The molecular formula is C16H16N2O5S. The number of esters is 1. The zero-order chi connectivity index (χ0) is 17.5. The molecular weight excluding hydrogens is 332 g/mol. The molecule has 0 spiro atoms. The molecule has 0 fully saturated rings. The van der Waals surface area contributed by atoms with Gasteiger partial charge in [-0.05, 0) is 23.6 Å². The highest BCUT2D eigenvalue weighted by Crippen LogP contribution is 2.38. The summed E-state index contributed by atoms with van der Waals surface area (Å²) in [6, 6.07) is 6.71. The summed E-state index contributed by atoms with van der Waals surface area (Å²) in [5.74, 6) is 0.0337. The Morgan fingerprint density at radius 3 is 2.38 bits per heavy atom. The van der Waals surface area contributed by atoms with Crippen LogP contribution in [0.5, 0.6) is 17.2 Å². The molecule has 2 aromatic rings. The fraction of sp³-hybridized carbons (Fsp3) is 0.188. The van der Waals surface area contributed by atoms with Crippen molar-refractivity contribution in [3.63, 3.8) is 0 Å². The number of nitrogens with zero attached hydrogens (tertiary/aromatic N) is 1. The van der Waals surface area contributed by atoms with Crippen molar-refractivity contribution in [3.8, 4) is 17.2 Å². The standard InChI is InChI=1S/C16H16N2O5S/c1-10(19)23-15-12(21-2)7-11(8-13(15)22-3)9-17-18-16(20)14-5-4-6-24-14/h4-9H,1-3H3,(H,18,20)/b17-9+. The van der Waals surface area contributed by atoms with Gasteiger partial charge in [-0.2, -0.15) is 5.10 Å². The number of hydrogen-bond acceptors (Lipinski definition) is 7. The third-order valence-electron chi connectivity index (χ3n) is 2.85. The molecule has 0 unspecified atom stereocenters. The molecule has 7 nitrogen and oxygen atoms in total. The van der Waals surface area contributed by atoms with Crippen LogP contribution in [0, 0.1) is 0 Å². The van der Waals surface area contributed by atoms with E-state index in [9.17, 15) is 9.59 Å². The highest BCUT2D eigenvalue weighted by Gasteiger charge is 2.15. The first-order chi connectivity index (χ1) is 11.5. The molecule has 1 N–H and O–H groups in total. The Morgan fingerprint density at radius 2 is 1.88 bits per heavy atom. The maximum Gasteiger partial charge on any atom is 0.308 e. The first-order valence-corrected chi connectivity index (χ1v) is 7.74. The maximum atomic E-state index is 11.8. The van der Waals surface area contributed by atoms with Crippen LogP contribution in [0.25, 0.3) is 0 Å². The van der Waals surface area contributed by atoms with E-state index in [1.807, 2.05) is 5.38 Å². The topological polar surface area (TPSA) is 86.2 Å². The smallest absolute Gasteiger partial charge is 0.308 e. The Hall–Kier alpha value is -2.87. The van der Waals surface area contributed by atoms with E-state index in [2.05, 4.69) is 10.5 Å². The molecule has 0 aliphatic heterocycles. The Labute approximate surface area is 142 Å². The van der Waals surface area contributed by atoms with Gasteiger partial charge < -0.3 is 14.2 Å². The van der Waals surface area contributed by atoms with Crippen LogP contribution < -0.4 is 19.6 Å². The van der Waals surface area contributed by atoms with Gasteiger partial charge in [-0.15, -0.1) is 11.3 Å². The molecule has 0 atom stereocenters. The lowest BCUT2D eigenvalue weighted by atomic mass is 10.2. The van der Waals surface area contributed by atoms with Crippen LogP contribution >= 0.6 is 11.3 Å². The first kappa shape index (κ1) is 17.5. The lowest BCUT2D eigenvalue weighted by Gasteiger charge is -2.13. The average Bonchev–Trinajstić information content (AvgIpc) is 3.09. The first-order valence-electron chi connectivity index (χ1n) is 6.86. The molecule has 1 heterocycles. The summed E-state index contributed by atoms with van der Waals surface area (Å²) >= 11 is 1.32. The second kappa shape index (κ2) is 8.11. The summed E-state index contributed by atoms with van der Waals surface area (Å²) in [5, 5.41) is 5.71. The van der Waals surface area contributed by atoms with E-state index < -0.39 is 5.97 Å². The molecule has 0 saturated carbocycles. The van der Waals surface area contributed by atoms with Crippen LogP contribution in [0.2, 0.25) is 0 Å². The predicted octanol–water partition coefficient (Wildman–Crippen LogP) is 2.45. The minimum absolute atomic E-state index is 0.187. The number of ether oxygens (including phenoxy) is 3. The van der Waals surface area contributed by atoms with Crippen LogP contribution in [0.3, 0.4) is 0 Å². The van der Waals surface area contributed by atoms with Gasteiger partial charge in [0, 0.05) is 12.5 Å². The van der Waals surface area contributed by atoms with E-state index >= 15 is 0 Å². The van der Waals surface area contributed by atoms with Crippen molar-refractivity contribution in [2.45, 2.75) is 6.92 Å². The minimum Gasteiger partial charge on any atom is -0.493 e. The zero-order valence-corrected chi connectivity index (χ0v) is 14.2. The second-order valence-electron chi connectivity index (χ2n) is 4.52. The number of benzene rings is 1. The molecule has 1 aromatic carbocycles. The fourth-order valence-corrected chi connectivity index (χ4v) is 2.46. The Morgan fingerprint density at radius 1 is 1.21 bits per heavy atom. The van der Waals surface area contributed by atoms with Crippen LogP contribution in [0.1, 0.15) is 22.2 Å². The summed E-state index contributed by atoms with van der Waals surface area (Å²) in [4.78, 5) is 23.5. The van der Waals surface area contributed by atoms with Gasteiger partial charge in [0.2, 0.25) is 5.75 Å². The van der Waals surface area contributed by atoms with E-state index in [1.165, 1.54) is 38.7 Å². The average molecular weight is 348 g/mol. The van der Waals surface area contributed by atoms with Crippen molar-refractivity contribution >= 4 is 29.4 Å². The minimum atomic E-state index is -0.490. The molecule has 8 heteroatoms. The van der Waals surface area contributed by atoms with Crippen LogP contribution in [0.15, 0.2) is 34.7 Å². The number of carbonyl (C=O) groups is 2. The summed E-state index contributed by atoms with van der Waals surface area (Å²) in [6.07, 6.45) is 1.44. The number of hydrazone groups is 1. The molecule has 0 bridgehead atoms. The number of rotatable bonds is 6.